The highest BCUT2D eigenvalue weighted by molar-refractivity contribution is 6.02. The Morgan fingerprint density at radius 1 is 1.06 bits per heavy atom. The molecule has 14 heteroatoms. The van der Waals surface area contributed by atoms with E-state index in [1.807, 2.05) is 20.8 Å². The monoisotopic (exact) mass is 654 g/mol. The SMILES string of the molecule is CC(C)(C)OC(=O)NC1CCC(C(=O)NCCOc2ccc(-c3cnccc3C(=O)NCC(=O)N3CC(F)(F)C[C@H]3C#N)cc2)CC1. The van der Waals surface area contributed by atoms with Crippen LogP contribution in [-0.4, -0.2) is 83.5 Å². The maximum Gasteiger partial charge on any atom is 0.407 e. The first-order chi connectivity index (χ1) is 22.2. The Morgan fingerprint density at radius 2 is 1.77 bits per heavy atom. The van der Waals surface area contributed by atoms with E-state index in [4.69, 9.17) is 14.7 Å². The number of aromatic nitrogens is 1. The second-order valence-corrected chi connectivity index (χ2v) is 12.7. The number of hydrogen-bond donors (Lipinski definition) is 3. The molecule has 3 N–H and O–H groups in total. The zero-order chi connectivity index (χ0) is 34.2. The Hall–Kier alpha value is -4.80. The lowest BCUT2D eigenvalue weighted by molar-refractivity contribution is -0.131. The molecule has 2 fully saturated rings. The predicted molar refractivity (Wildman–Crippen MR) is 166 cm³/mol. The average Bonchev–Trinajstić information content (AvgIpc) is 3.36. The van der Waals surface area contributed by atoms with Gasteiger partial charge in [0, 0.05) is 36.3 Å². The van der Waals surface area contributed by atoms with E-state index in [0.29, 0.717) is 49.1 Å². The van der Waals surface area contributed by atoms with E-state index in [1.165, 1.54) is 18.5 Å². The highest BCUT2D eigenvalue weighted by Crippen LogP contribution is 2.32. The van der Waals surface area contributed by atoms with Crippen LogP contribution in [0.5, 0.6) is 5.75 Å². The third kappa shape index (κ3) is 10.1. The van der Waals surface area contributed by atoms with Gasteiger partial charge < -0.3 is 30.3 Å². The lowest BCUT2D eigenvalue weighted by Gasteiger charge is -2.29. The molecule has 1 saturated heterocycles. The van der Waals surface area contributed by atoms with Crippen molar-refractivity contribution in [1.29, 1.82) is 5.26 Å². The Morgan fingerprint density at radius 3 is 2.43 bits per heavy atom. The molecule has 1 aromatic heterocycles. The lowest BCUT2D eigenvalue weighted by Crippen LogP contribution is -2.43. The van der Waals surface area contributed by atoms with Crippen molar-refractivity contribution >= 4 is 23.8 Å². The lowest BCUT2D eigenvalue weighted by atomic mass is 9.85. The summed E-state index contributed by atoms with van der Waals surface area (Å²) in [6.45, 7) is 4.58. The fourth-order valence-electron chi connectivity index (χ4n) is 5.56. The van der Waals surface area contributed by atoms with Gasteiger partial charge in [-0.1, -0.05) is 12.1 Å². The van der Waals surface area contributed by atoms with Crippen LogP contribution in [0.2, 0.25) is 0 Å². The molecule has 0 unspecified atom stereocenters. The molecule has 4 rings (SSSR count). The number of pyridine rings is 1. The number of nitriles is 1. The number of amides is 4. The molecule has 0 radical (unpaired) electrons. The summed E-state index contributed by atoms with van der Waals surface area (Å²) < 4.78 is 38.5. The van der Waals surface area contributed by atoms with Crippen LogP contribution >= 0.6 is 0 Å². The molecule has 1 atom stereocenters. The van der Waals surface area contributed by atoms with Crippen molar-refractivity contribution in [2.75, 3.05) is 26.2 Å². The molecule has 1 aliphatic carbocycles. The standard InChI is InChI=1S/C33H40F2N6O6/c1-32(2,3)47-31(45)40-23-8-4-22(5-9-23)29(43)38-14-15-46-25-10-6-21(7-11-25)27-18-37-13-12-26(27)30(44)39-19-28(42)41-20-33(34,35)16-24(41)17-36/h6-7,10-13,18,22-24H,4-5,8-9,14-16,19-20H2,1-3H3,(H,38,43)(H,39,44)(H,40,45)/t22?,23?,24-/m0/s1. The molecule has 2 aromatic rings. The third-order valence-corrected chi connectivity index (χ3v) is 7.86. The molecule has 252 valence electrons. The summed E-state index contributed by atoms with van der Waals surface area (Å²) >= 11 is 0. The fraction of sp³-hybridized carbons (Fsp3) is 0.515. The minimum atomic E-state index is -3.15. The average molecular weight is 655 g/mol. The molecule has 2 aliphatic rings. The van der Waals surface area contributed by atoms with E-state index >= 15 is 0 Å². The van der Waals surface area contributed by atoms with Crippen molar-refractivity contribution in [3.05, 3.63) is 48.3 Å². The van der Waals surface area contributed by atoms with Gasteiger partial charge in [0.1, 0.15) is 24.0 Å². The molecular weight excluding hydrogens is 614 g/mol. The number of benzene rings is 1. The van der Waals surface area contributed by atoms with Crippen LogP contribution in [0.1, 0.15) is 63.2 Å². The molecule has 4 amide bonds. The molecule has 47 heavy (non-hydrogen) atoms. The van der Waals surface area contributed by atoms with Crippen molar-refractivity contribution in [2.45, 2.75) is 76.5 Å². The second kappa shape index (κ2) is 15.2. The van der Waals surface area contributed by atoms with Gasteiger partial charge >= 0.3 is 6.09 Å². The van der Waals surface area contributed by atoms with Crippen LogP contribution in [0.25, 0.3) is 11.1 Å². The van der Waals surface area contributed by atoms with Crippen LogP contribution in [-0.2, 0) is 14.3 Å². The van der Waals surface area contributed by atoms with Crippen LogP contribution in [0.15, 0.2) is 42.7 Å². The number of likely N-dealkylation sites (tertiary alicyclic amines) is 1. The smallest absolute Gasteiger partial charge is 0.407 e. The second-order valence-electron chi connectivity index (χ2n) is 12.7. The molecule has 1 saturated carbocycles. The van der Waals surface area contributed by atoms with Crippen molar-refractivity contribution in [3.63, 3.8) is 0 Å². The Balaban J connectivity index is 1.21. The summed E-state index contributed by atoms with van der Waals surface area (Å²) in [6, 6.07) is 8.83. The zero-order valence-electron chi connectivity index (χ0n) is 26.7. The third-order valence-electron chi connectivity index (χ3n) is 7.86. The van der Waals surface area contributed by atoms with Gasteiger partial charge in [-0.15, -0.1) is 0 Å². The molecule has 1 aliphatic heterocycles. The summed E-state index contributed by atoms with van der Waals surface area (Å²) in [5.74, 6) is -4.14. The van der Waals surface area contributed by atoms with Crippen molar-refractivity contribution in [1.82, 2.24) is 25.8 Å². The number of nitrogens with one attached hydrogen (secondary N) is 3. The molecule has 1 aromatic carbocycles. The number of halogens is 2. The van der Waals surface area contributed by atoms with Gasteiger partial charge in [0.15, 0.2) is 0 Å². The molecule has 2 heterocycles. The van der Waals surface area contributed by atoms with Crippen LogP contribution in [0, 0.1) is 17.2 Å². The van der Waals surface area contributed by atoms with Crippen LogP contribution < -0.4 is 20.7 Å². The largest absolute Gasteiger partial charge is 0.492 e. The number of ether oxygens (including phenoxy) is 2. The molecular formula is C33H40F2N6O6. The van der Waals surface area contributed by atoms with Crippen molar-refractivity contribution in [3.8, 4) is 22.9 Å². The van der Waals surface area contributed by atoms with E-state index in [2.05, 4.69) is 20.9 Å². The minimum absolute atomic E-state index is 0.0158. The summed E-state index contributed by atoms with van der Waals surface area (Å²) in [4.78, 5) is 55.0. The zero-order valence-corrected chi connectivity index (χ0v) is 26.7. The van der Waals surface area contributed by atoms with Gasteiger partial charge in [0.05, 0.1) is 31.3 Å². The number of alkyl carbamates (subject to hydrolysis) is 1. The highest BCUT2D eigenvalue weighted by atomic mass is 19.3. The van der Waals surface area contributed by atoms with Gasteiger partial charge in [-0.05, 0) is 70.2 Å². The van der Waals surface area contributed by atoms with E-state index in [0.717, 1.165) is 4.90 Å². The van der Waals surface area contributed by atoms with Crippen LogP contribution in [0.4, 0.5) is 13.6 Å². The normalized spacial score (nSPS) is 20.4. The quantitative estimate of drug-likeness (QED) is 0.326. The van der Waals surface area contributed by atoms with Gasteiger partial charge in [-0.2, -0.15) is 5.26 Å². The minimum Gasteiger partial charge on any atom is -0.492 e. The first-order valence-electron chi connectivity index (χ1n) is 15.5. The summed E-state index contributed by atoms with van der Waals surface area (Å²) in [6.07, 6.45) is 4.46. The number of nitrogens with zero attached hydrogens (tertiary/aromatic N) is 3. The Kier molecular flexibility index (Phi) is 11.3. The first-order valence-corrected chi connectivity index (χ1v) is 15.5. The van der Waals surface area contributed by atoms with Crippen molar-refractivity contribution < 1.29 is 37.4 Å². The van der Waals surface area contributed by atoms with E-state index in [9.17, 15) is 28.0 Å². The number of carbonyl (C=O) groups is 4. The summed E-state index contributed by atoms with van der Waals surface area (Å²) in [5.41, 5.74) is 0.789. The Labute approximate surface area is 272 Å². The van der Waals surface area contributed by atoms with E-state index < -0.39 is 55.0 Å². The maximum atomic E-state index is 13.7. The maximum absolute atomic E-state index is 13.7. The Bertz CT molecular complexity index is 1480. The predicted octanol–water partition coefficient (Wildman–Crippen LogP) is 3.82. The topological polar surface area (TPSA) is 163 Å². The van der Waals surface area contributed by atoms with E-state index in [1.54, 1.807) is 30.3 Å². The van der Waals surface area contributed by atoms with Crippen molar-refractivity contribution in [2.24, 2.45) is 5.92 Å². The summed E-state index contributed by atoms with van der Waals surface area (Å²) in [7, 11) is 0. The first kappa shape index (κ1) is 35.1. The highest BCUT2D eigenvalue weighted by Gasteiger charge is 2.47. The molecule has 0 bridgehead atoms. The van der Waals surface area contributed by atoms with Gasteiger partial charge in [-0.25, -0.2) is 13.6 Å². The van der Waals surface area contributed by atoms with Gasteiger partial charge in [0.25, 0.3) is 11.8 Å². The number of hydrogen-bond acceptors (Lipinski definition) is 8. The van der Waals surface area contributed by atoms with Gasteiger partial charge in [-0.3, -0.25) is 19.4 Å². The fourth-order valence-corrected chi connectivity index (χ4v) is 5.56. The number of carbonyl (C=O) groups excluding carboxylic acids is 4. The van der Waals surface area contributed by atoms with E-state index in [-0.39, 0.29) is 30.0 Å². The summed E-state index contributed by atoms with van der Waals surface area (Å²) in [5, 5.41) is 17.4. The number of alkyl halides is 2. The molecule has 12 nitrogen and oxygen atoms in total. The van der Waals surface area contributed by atoms with Gasteiger partial charge in [0.2, 0.25) is 11.8 Å². The molecule has 0 spiro atoms. The van der Waals surface area contributed by atoms with Crippen LogP contribution in [0.3, 0.4) is 0 Å². The number of rotatable bonds is 10.